The van der Waals surface area contributed by atoms with Crippen molar-refractivity contribution in [2.24, 2.45) is 0 Å². The lowest BCUT2D eigenvalue weighted by atomic mass is 10.4. The Balaban J connectivity index is 3.24. The second-order valence-corrected chi connectivity index (χ2v) is 2.87. The van der Waals surface area contributed by atoms with Gasteiger partial charge in [0.25, 0.3) is 0 Å². The Labute approximate surface area is 84.6 Å². The van der Waals surface area contributed by atoms with E-state index in [1.54, 1.807) is 0 Å². The fourth-order valence-electron chi connectivity index (χ4n) is 0.694. The Morgan fingerprint density at radius 2 is 2.00 bits per heavy atom. The highest BCUT2D eigenvalue weighted by Gasteiger charge is 2.11. The summed E-state index contributed by atoms with van der Waals surface area (Å²) in [5.74, 6) is 0.508. The zero-order valence-electron chi connectivity index (χ0n) is 6.14. The molecule has 1 rings (SSSR count). The molecule has 3 nitrogen and oxygen atoms in total. The van der Waals surface area contributed by atoms with Crippen molar-refractivity contribution in [3.05, 3.63) is 16.0 Å². The number of hydrogen-bond acceptors (Lipinski definition) is 3. The summed E-state index contributed by atoms with van der Waals surface area (Å²) in [6.45, 7) is 0. The van der Waals surface area contributed by atoms with Crippen LogP contribution in [0.1, 0.15) is 5.56 Å². The van der Waals surface area contributed by atoms with E-state index in [-0.39, 0.29) is 16.3 Å². The van der Waals surface area contributed by atoms with Gasteiger partial charge in [0, 0.05) is 0 Å². The molecule has 0 fully saturated rings. The molecule has 1 aromatic heterocycles. The monoisotopic (exact) mass is 226 g/mol. The van der Waals surface area contributed by atoms with E-state index in [0.29, 0.717) is 11.4 Å². The van der Waals surface area contributed by atoms with Gasteiger partial charge < -0.3 is 4.74 Å². The van der Waals surface area contributed by atoms with Crippen LogP contribution in [0.2, 0.25) is 10.4 Å². The number of alkyl halides is 1. The average Bonchev–Trinajstić information content (AvgIpc) is 2.03. The molecule has 0 unspecified atom stereocenters. The topological polar surface area (TPSA) is 35.0 Å². The predicted octanol–water partition coefficient (Wildman–Crippen LogP) is 2.53. The number of methoxy groups -OCH3 is 1. The van der Waals surface area contributed by atoms with Crippen molar-refractivity contribution in [3.8, 4) is 5.88 Å². The molecule has 0 aliphatic heterocycles. The minimum atomic E-state index is 0.0470. The molecule has 12 heavy (non-hydrogen) atoms. The molecule has 0 aromatic carbocycles. The van der Waals surface area contributed by atoms with Crippen LogP contribution in [0.3, 0.4) is 0 Å². The molecule has 0 aliphatic carbocycles. The fourth-order valence-corrected chi connectivity index (χ4v) is 1.44. The molecule has 0 atom stereocenters. The zero-order valence-corrected chi connectivity index (χ0v) is 8.41. The Morgan fingerprint density at radius 3 is 2.50 bits per heavy atom. The van der Waals surface area contributed by atoms with E-state index in [4.69, 9.17) is 39.5 Å². The van der Waals surface area contributed by atoms with Crippen molar-refractivity contribution in [1.82, 2.24) is 9.97 Å². The Bertz CT molecular complexity index is 292. The van der Waals surface area contributed by atoms with Crippen LogP contribution in [0.25, 0.3) is 0 Å². The molecular weight excluding hydrogens is 222 g/mol. The van der Waals surface area contributed by atoms with Gasteiger partial charge in [0.2, 0.25) is 11.2 Å². The Morgan fingerprint density at radius 1 is 1.33 bits per heavy atom. The lowest BCUT2D eigenvalue weighted by Crippen LogP contribution is -1.97. The summed E-state index contributed by atoms with van der Waals surface area (Å²) >= 11 is 16.8. The van der Waals surface area contributed by atoms with Crippen molar-refractivity contribution < 1.29 is 4.74 Å². The number of rotatable bonds is 2. The van der Waals surface area contributed by atoms with E-state index in [2.05, 4.69) is 9.97 Å². The summed E-state index contributed by atoms with van der Waals surface area (Å²) in [5.41, 5.74) is 0.547. The first-order valence-corrected chi connectivity index (χ1v) is 4.30. The number of aromatic nitrogens is 2. The van der Waals surface area contributed by atoms with Crippen LogP contribution in [0.4, 0.5) is 0 Å². The summed E-state index contributed by atoms with van der Waals surface area (Å²) < 4.78 is 4.89. The maximum absolute atomic E-state index is 5.71. The molecule has 0 saturated carbocycles. The van der Waals surface area contributed by atoms with Crippen LogP contribution >= 0.6 is 34.8 Å². The predicted molar refractivity (Wildman–Crippen MR) is 48.2 cm³/mol. The van der Waals surface area contributed by atoms with E-state index in [1.165, 1.54) is 7.11 Å². The van der Waals surface area contributed by atoms with Gasteiger partial charge in [0.1, 0.15) is 5.15 Å². The van der Waals surface area contributed by atoms with Gasteiger partial charge in [-0.2, -0.15) is 4.98 Å². The summed E-state index contributed by atoms with van der Waals surface area (Å²) in [4.78, 5) is 7.49. The van der Waals surface area contributed by atoms with Gasteiger partial charge in [-0.05, 0) is 11.6 Å². The van der Waals surface area contributed by atoms with Crippen LogP contribution in [0, 0.1) is 0 Å². The normalized spacial score (nSPS) is 10.0. The van der Waals surface area contributed by atoms with Crippen LogP contribution in [-0.4, -0.2) is 17.1 Å². The van der Waals surface area contributed by atoms with Gasteiger partial charge in [0.15, 0.2) is 0 Å². The van der Waals surface area contributed by atoms with Gasteiger partial charge in [-0.15, -0.1) is 11.6 Å². The minimum absolute atomic E-state index is 0.0470. The summed E-state index contributed by atoms with van der Waals surface area (Å²) in [7, 11) is 1.46. The number of hydrogen-bond donors (Lipinski definition) is 0. The van der Waals surface area contributed by atoms with Crippen LogP contribution in [-0.2, 0) is 5.88 Å². The van der Waals surface area contributed by atoms with E-state index < -0.39 is 0 Å². The van der Waals surface area contributed by atoms with Gasteiger partial charge in [0.05, 0.1) is 18.6 Å². The summed E-state index contributed by atoms with van der Waals surface area (Å²) in [6.07, 6.45) is 0. The number of halogens is 3. The average molecular weight is 227 g/mol. The van der Waals surface area contributed by atoms with Crippen LogP contribution < -0.4 is 4.74 Å². The smallest absolute Gasteiger partial charge is 0.227 e. The first-order chi connectivity index (χ1) is 5.69. The Kier molecular flexibility index (Phi) is 3.38. The van der Waals surface area contributed by atoms with Gasteiger partial charge >= 0.3 is 0 Å². The summed E-state index contributed by atoms with van der Waals surface area (Å²) in [5, 5.41) is 0.271. The third kappa shape index (κ3) is 1.91. The maximum atomic E-state index is 5.71. The minimum Gasteiger partial charge on any atom is -0.481 e. The largest absolute Gasteiger partial charge is 0.481 e. The molecule has 0 N–H and O–H groups in total. The van der Waals surface area contributed by atoms with Crippen LogP contribution in [0.15, 0.2) is 0 Å². The van der Waals surface area contributed by atoms with Crippen LogP contribution in [0.5, 0.6) is 5.88 Å². The van der Waals surface area contributed by atoms with E-state index in [1.807, 2.05) is 0 Å². The number of ether oxygens (including phenoxy) is 1. The fraction of sp³-hybridized carbons (Fsp3) is 0.333. The molecule has 6 heteroatoms. The van der Waals surface area contributed by atoms with E-state index in [9.17, 15) is 0 Å². The first kappa shape index (κ1) is 9.84. The molecule has 0 spiro atoms. The molecule has 1 aromatic rings. The van der Waals surface area contributed by atoms with E-state index >= 15 is 0 Å². The highest BCUT2D eigenvalue weighted by molar-refractivity contribution is 6.33. The summed E-state index contributed by atoms with van der Waals surface area (Å²) in [6, 6.07) is 0. The molecule has 1 heterocycles. The molecule has 0 bridgehead atoms. The SMILES string of the molecule is COc1nc(Cl)nc(Cl)c1CCl. The third-order valence-corrected chi connectivity index (χ3v) is 1.97. The van der Waals surface area contributed by atoms with Gasteiger partial charge in [-0.3, -0.25) is 0 Å². The van der Waals surface area contributed by atoms with Crippen molar-refractivity contribution >= 4 is 34.8 Å². The maximum Gasteiger partial charge on any atom is 0.227 e. The van der Waals surface area contributed by atoms with Gasteiger partial charge in [-0.1, -0.05) is 11.6 Å². The van der Waals surface area contributed by atoms with Crippen molar-refractivity contribution in [1.29, 1.82) is 0 Å². The van der Waals surface area contributed by atoms with Crippen molar-refractivity contribution in [3.63, 3.8) is 0 Å². The second kappa shape index (κ2) is 4.12. The van der Waals surface area contributed by atoms with Crippen molar-refractivity contribution in [2.45, 2.75) is 5.88 Å². The standard InChI is InChI=1S/C6H5Cl3N2O/c1-12-5-3(2-7)4(8)10-6(9)11-5/h2H2,1H3. The Hall–Kier alpha value is -0.250. The lowest BCUT2D eigenvalue weighted by Gasteiger charge is -2.05. The highest BCUT2D eigenvalue weighted by Crippen LogP contribution is 2.25. The van der Waals surface area contributed by atoms with Crippen molar-refractivity contribution in [2.75, 3.05) is 7.11 Å². The quantitative estimate of drug-likeness (QED) is 0.442. The zero-order chi connectivity index (χ0) is 9.14. The molecule has 0 saturated heterocycles. The molecule has 0 amide bonds. The lowest BCUT2D eigenvalue weighted by molar-refractivity contribution is 0.393. The van der Waals surface area contributed by atoms with E-state index in [0.717, 1.165) is 0 Å². The first-order valence-electron chi connectivity index (χ1n) is 3.01. The second-order valence-electron chi connectivity index (χ2n) is 1.90. The molecular formula is C6H5Cl3N2O. The molecule has 0 aliphatic rings. The third-order valence-electron chi connectivity index (χ3n) is 1.22. The van der Waals surface area contributed by atoms with Gasteiger partial charge in [-0.25, -0.2) is 4.98 Å². The number of nitrogens with zero attached hydrogens (tertiary/aromatic N) is 2. The highest BCUT2D eigenvalue weighted by atomic mass is 35.5. The molecule has 66 valence electrons. The molecule has 0 radical (unpaired) electrons.